The third kappa shape index (κ3) is 1.62. The minimum Gasteiger partial charge on any atom is -0.378 e. The largest absolute Gasteiger partial charge is 0.378 e. The van der Waals surface area contributed by atoms with Crippen LogP contribution in [0, 0.1) is 6.92 Å². The Kier molecular flexibility index (Phi) is 2.56. The van der Waals surface area contributed by atoms with Crippen LogP contribution in [-0.2, 0) is 11.8 Å². The van der Waals surface area contributed by atoms with Crippen LogP contribution < -0.4 is 4.90 Å². The lowest BCUT2D eigenvalue weighted by molar-refractivity contribution is 0.123. The van der Waals surface area contributed by atoms with E-state index in [2.05, 4.69) is 47.7 Å². The number of benzene rings is 1. The molecule has 0 bridgehead atoms. The second-order valence-corrected chi connectivity index (χ2v) is 4.61. The zero-order valence-electron chi connectivity index (χ0n) is 10.4. The number of rotatable bonds is 1. The molecular formula is C14H18N2O. The van der Waals surface area contributed by atoms with E-state index in [0.717, 1.165) is 26.3 Å². The summed E-state index contributed by atoms with van der Waals surface area (Å²) in [5, 5.41) is 1.36. The molecule has 1 aromatic carbocycles. The predicted molar refractivity (Wildman–Crippen MR) is 70.7 cm³/mol. The summed E-state index contributed by atoms with van der Waals surface area (Å²) in [5.41, 5.74) is 4.03. The van der Waals surface area contributed by atoms with Crippen molar-refractivity contribution in [1.29, 1.82) is 0 Å². The number of morpholine rings is 1. The number of nitrogens with zero attached hydrogens (tertiary/aromatic N) is 2. The van der Waals surface area contributed by atoms with Crippen LogP contribution in [0.5, 0.6) is 0 Å². The van der Waals surface area contributed by atoms with Gasteiger partial charge in [0.05, 0.1) is 24.4 Å². The number of aryl methyl sites for hydroxylation is 1. The van der Waals surface area contributed by atoms with Crippen LogP contribution in [0.25, 0.3) is 10.9 Å². The van der Waals surface area contributed by atoms with Gasteiger partial charge in [0.1, 0.15) is 0 Å². The van der Waals surface area contributed by atoms with Gasteiger partial charge in [0.25, 0.3) is 0 Å². The lowest BCUT2D eigenvalue weighted by atomic mass is 10.2. The molecular weight excluding hydrogens is 212 g/mol. The smallest absolute Gasteiger partial charge is 0.0657 e. The number of hydrogen-bond acceptors (Lipinski definition) is 2. The third-order valence-electron chi connectivity index (χ3n) is 3.69. The second-order valence-electron chi connectivity index (χ2n) is 4.61. The Morgan fingerprint density at radius 1 is 1.12 bits per heavy atom. The van der Waals surface area contributed by atoms with Gasteiger partial charge in [0.15, 0.2) is 0 Å². The highest BCUT2D eigenvalue weighted by Crippen LogP contribution is 2.33. The van der Waals surface area contributed by atoms with Gasteiger partial charge in [0, 0.05) is 31.2 Å². The summed E-state index contributed by atoms with van der Waals surface area (Å²) in [5.74, 6) is 0. The van der Waals surface area contributed by atoms with Gasteiger partial charge in [-0.15, -0.1) is 0 Å². The first-order chi connectivity index (χ1) is 8.29. The van der Waals surface area contributed by atoms with Crippen LogP contribution in [0.1, 0.15) is 5.69 Å². The lowest BCUT2D eigenvalue weighted by Gasteiger charge is -2.29. The van der Waals surface area contributed by atoms with E-state index in [1.807, 2.05) is 0 Å². The monoisotopic (exact) mass is 230 g/mol. The van der Waals surface area contributed by atoms with E-state index < -0.39 is 0 Å². The van der Waals surface area contributed by atoms with Crippen LogP contribution in [0.3, 0.4) is 0 Å². The molecule has 3 heteroatoms. The highest BCUT2D eigenvalue weighted by Gasteiger charge is 2.19. The van der Waals surface area contributed by atoms with Crippen molar-refractivity contribution in [3.05, 3.63) is 30.0 Å². The molecule has 0 N–H and O–H groups in total. The van der Waals surface area contributed by atoms with E-state index in [0.29, 0.717) is 0 Å². The van der Waals surface area contributed by atoms with Crippen molar-refractivity contribution in [3.8, 4) is 0 Å². The van der Waals surface area contributed by atoms with E-state index >= 15 is 0 Å². The Morgan fingerprint density at radius 3 is 2.59 bits per heavy atom. The third-order valence-corrected chi connectivity index (χ3v) is 3.69. The number of fused-ring (bicyclic) bond motifs is 1. The minimum absolute atomic E-state index is 0.836. The molecule has 0 unspecified atom stereocenters. The Morgan fingerprint density at radius 2 is 1.82 bits per heavy atom. The van der Waals surface area contributed by atoms with Crippen molar-refractivity contribution >= 4 is 16.6 Å². The second kappa shape index (κ2) is 4.08. The molecule has 0 aliphatic carbocycles. The van der Waals surface area contributed by atoms with Gasteiger partial charge in [-0.1, -0.05) is 18.2 Å². The first-order valence-electron chi connectivity index (χ1n) is 6.16. The van der Waals surface area contributed by atoms with Crippen molar-refractivity contribution in [2.24, 2.45) is 7.05 Å². The van der Waals surface area contributed by atoms with Gasteiger partial charge in [-0.2, -0.15) is 0 Å². The lowest BCUT2D eigenvalue weighted by Crippen LogP contribution is -2.36. The normalized spacial score (nSPS) is 16.7. The molecule has 2 heterocycles. The molecule has 0 amide bonds. The first kappa shape index (κ1) is 10.7. The maximum absolute atomic E-state index is 5.43. The summed E-state index contributed by atoms with van der Waals surface area (Å²) in [4.78, 5) is 2.45. The van der Waals surface area contributed by atoms with Crippen molar-refractivity contribution in [3.63, 3.8) is 0 Å². The zero-order valence-corrected chi connectivity index (χ0v) is 10.4. The van der Waals surface area contributed by atoms with Crippen molar-refractivity contribution < 1.29 is 4.74 Å². The number of aromatic nitrogens is 1. The highest BCUT2D eigenvalue weighted by molar-refractivity contribution is 5.95. The average molecular weight is 230 g/mol. The van der Waals surface area contributed by atoms with E-state index in [1.54, 1.807) is 0 Å². The van der Waals surface area contributed by atoms with Crippen molar-refractivity contribution in [2.45, 2.75) is 6.92 Å². The molecule has 2 aromatic rings. The van der Waals surface area contributed by atoms with Crippen molar-refractivity contribution in [1.82, 2.24) is 4.57 Å². The van der Waals surface area contributed by atoms with Crippen LogP contribution in [0.15, 0.2) is 24.3 Å². The number of ether oxygens (including phenoxy) is 1. The van der Waals surface area contributed by atoms with Gasteiger partial charge in [-0.05, 0) is 13.0 Å². The SMILES string of the molecule is Cc1c(N2CCOCC2)c2ccccc2n1C. The fourth-order valence-corrected chi connectivity index (χ4v) is 2.69. The Labute approximate surface area is 102 Å². The minimum atomic E-state index is 0.836. The molecule has 3 nitrogen and oxygen atoms in total. The molecule has 90 valence electrons. The summed E-state index contributed by atoms with van der Waals surface area (Å²) in [7, 11) is 2.14. The van der Waals surface area contributed by atoms with E-state index in [9.17, 15) is 0 Å². The van der Waals surface area contributed by atoms with E-state index in [1.165, 1.54) is 22.3 Å². The molecule has 1 fully saturated rings. The summed E-state index contributed by atoms with van der Waals surface area (Å²) in [6.45, 7) is 5.86. The maximum atomic E-state index is 5.43. The Balaban J connectivity index is 2.17. The highest BCUT2D eigenvalue weighted by atomic mass is 16.5. The molecule has 1 saturated heterocycles. The first-order valence-corrected chi connectivity index (χ1v) is 6.16. The van der Waals surface area contributed by atoms with Crippen LogP contribution in [-0.4, -0.2) is 30.9 Å². The molecule has 17 heavy (non-hydrogen) atoms. The molecule has 1 aliphatic rings. The standard InChI is InChI=1S/C14H18N2O/c1-11-14(16-7-9-17-10-8-16)12-5-3-4-6-13(12)15(11)2/h3-6H,7-10H2,1-2H3. The molecule has 3 rings (SSSR count). The quantitative estimate of drug-likeness (QED) is 0.748. The molecule has 0 spiro atoms. The molecule has 0 atom stereocenters. The summed E-state index contributed by atoms with van der Waals surface area (Å²) in [6, 6.07) is 8.62. The Bertz CT molecular complexity index is 538. The molecule has 1 aromatic heterocycles. The fourth-order valence-electron chi connectivity index (χ4n) is 2.69. The number of para-hydroxylation sites is 1. The molecule has 1 aliphatic heterocycles. The van der Waals surface area contributed by atoms with Gasteiger partial charge < -0.3 is 14.2 Å². The van der Waals surface area contributed by atoms with Gasteiger partial charge in [0.2, 0.25) is 0 Å². The molecule has 0 saturated carbocycles. The van der Waals surface area contributed by atoms with Crippen LogP contribution in [0.4, 0.5) is 5.69 Å². The summed E-state index contributed by atoms with van der Waals surface area (Å²) in [6.07, 6.45) is 0. The van der Waals surface area contributed by atoms with Crippen LogP contribution in [0.2, 0.25) is 0 Å². The summed E-state index contributed by atoms with van der Waals surface area (Å²) < 4.78 is 7.71. The van der Waals surface area contributed by atoms with E-state index in [4.69, 9.17) is 4.74 Å². The fraction of sp³-hybridized carbons (Fsp3) is 0.429. The topological polar surface area (TPSA) is 17.4 Å². The number of hydrogen-bond donors (Lipinski definition) is 0. The summed E-state index contributed by atoms with van der Waals surface area (Å²) >= 11 is 0. The van der Waals surface area contributed by atoms with Gasteiger partial charge in [-0.3, -0.25) is 0 Å². The van der Waals surface area contributed by atoms with Gasteiger partial charge in [-0.25, -0.2) is 0 Å². The number of anilines is 1. The predicted octanol–water partition coefficient (Wildman–Crippen LogP) is 2.32. The van der Waals surface area contributed by atoms with Crippen molar-refractivity contribution in [2.75, 3.05) is 31.2 Å². The zero-order chi connectivity index (χ0) is 11.8. The van der Waals surface area contributed by atoms with Crippen LogP contribution >= 0.6 is 0 Å². The maximum Gasteiger partial charge on any atom is 0.0657 e. The molecule has 0 radical (unpaired) electrons. The van der Waals surface area contributed by atoms with E-state index in [-0.39, 0.29) is 0 Å². The van der Waals surface area contributed by atoms with Gasteiger partial charge >= 0.3 is 0 Å². The Hall–Kier alpha value is -1.48. The average Bonchev–Trinajstić information content (AvgIpc) is 2.64.